The van der Waals surface area contributed by atoms with Gasteiger partial charge in [-0.3, -0.25) is 0 Å². The van der Waals surface area contributed by atoms with E-state index in [-0.39, 0.29) is 59.4 Å². The van der Waals surface area contributed by atoms with Crippen molar-refractivity contribution < 1.29 is 0 Å². The normalized spacial score (nSPS) is 39.1. The Morgan fingerprint density at radius 1 is 0.234 bits per heavy atom. The minimum atomic E-state index is 0. The Kier molecular flexibility index (Phi) is 38.2. The SMILES string of the molecule is C.C.C.C.C.C.C.C.C1=CC2CCCC(C1)CCC2.C1C2CC3CC1CC(C2)C3.C1CC1.C1CC2CCC1C2.C1CC2CCC1CC2.C1CC2CCCC(C1)CCC2.C1CCC2CCCCC2C1.CC1(C)C2CCC1CC2. The molecule has 20 aliphatic carbocycles. The van der Waals surface area contributed by atoms with Crippen LogP contribution in [0.3, 0.4) is 0 Å². The minimum Gasteiger partial charge on any atom is -0.0880 e. The van der Waals surface area contributed by atoms with Gasteiger partial charge in [-0.2, -0.15) is 0 Å². The van der Waals surface area contributed by atoms with Gasteiger partial charge in [0.2, 0.25) is 0 Å². The summed E-state index contributed by atoms with van der Waals surface area (Å²) < 4.78 is 0. The van der Waals surface area contributed by atoms with E-state index in [1.54, 1.807) is 173 Å². The Morgan fingerprint density at radius 3 is 0.740 bits per heavy atom. The molecule has 77 heavy (non-hydrogen) atoms. The van der Waals surface area contributed by atoms with Crippen molar-refractivity contribution in [1.29, 1.82) is 0 Å². The van der Waals surface area contributed by atoms with Crippen LogP contribution in [0.2, 0.25) is 0 Å². The van der Waals surface area contributed by atoms with Gasteiger partial charge in [-0.05, 0) is 190 Å². The van der Waals surface area contributed by atoms with Crippen LogP contribution in [0.4, 0.5) is 0 Å². The third-order valence-electron chi connectivity index (χ3n) is 24.2. The van der Waals surface area contributed by atoms with E-state index < -0.39 is 0 Å². The molecular weight excluding hydrogens is 925 g/mol. The summed E-state index contributed by atoms with van der Waals surface area (Å²) in [7, 11) is 0. The van der Waals surface area contributed by atoms with E-state index in [1.807, 2.05) is 0 Å². The molecule has 20 rings (SSSR count). The summed E-state index contributed by atoms with van der Waals surface area (Å²) in [5, 5.41) is 0. The van der Waals surface area contributed by atoms with Crippen molar-refractivity contribution in [3.05, 3.63) is 12.2 Å². The predicted octanol–water partition coefficient (Wildman–Crippen LogP) is 27.4. The summed E-state index contributed by atoms with van der Waals surface area (Å²) in [5.74, 6) is 18.1. The van der Waals surface area contributed by atoms with Gasteiger partial charge in [-0.15, -0.1) is 0 Å². The number of hydrogen-bond acceptors (Lipinski definition) is 0. The number of fused-ring (bicyclic) bond motifs is 19. The van der Waals surface area contributed by atoms with Crippen LogP contribution >= 0.6 is 0 Å². The smallest absolute Gasteiger partial charge is 0.0234 e. The first-order valence-corrected chi connectivity index (χ1v) is 33.5. The van der Waals surface area contributed by atoms with Crippen LogP contribution in [-0.2, 0) is 0 Å². The third kappa shape index (κ3) is 24.5. The molecule has 0 heteroatoms. The highest BCUT2D eigenvalue weighted by molar-refractivity contribution is 4.98. The molecular formula is C77H152. The Labute approximate surface area is 491 Å². The lowest BCUT2D eigenvalue weighted by atomic mass is 9.56. The van der Waals surface area contributed by atoms with Crippen LogP contribution in [0, 0.1) is 100 Å². The Hall–Kier alpha value is -0.260. The molecule has 0 heterocycles. The highest BCUT2D eigenvalue weighted by Gasteiger charge is 2.47. The summed E-state index contributed by atoms with van der Waals surface area (Å²) in [6, 6.07) is 0. The molecule has 0 unspecified atom stereocenters. The Morgan fingerprint density at radius 2 is 0.494 bits per heavy atom. The molecule has 0 N–H and O–H groups in total. The first-order chi connectivity index (χ1) is 33.9. The van der Waals surface area contributed by atoms with Crippen LogP contribution in [0.1, 0.15) is 381 Å². The zero-order chi connectivity index (χ0) is 47.1. The largest absolute Gasteiger partial charge is 0.0880 e. The van der Waals surface area contributed by atoms with Gasteiger partial charge < -0.3 is 0 Å². The lowest BCUT2D eigenvalue weighted by Crippen LogP contribution is -2.38. The van der Waals surface area contributed by atoms with Gasteiger partial charge in [-0.25, -0.2) is 0 Å². The number of hydrogen-bond donors (Lipinski definition) is 0. The van der Waals surface area contributed by atoms with Gasteiger partial charge in [0.25, 0.3) is 0 Å². The molecule has 0 aromatic rings. The molecule has 0 atom stereocenters. The van der Waals surface area contributed by atoms with E-state index in [1.165, 1.54) is 170 Å². The monoisotopic (exact) mass is 1080 g/mol. The summed E-state index contributed by atoms with van der Waals surface area (Å²) in [5.41, 5.74) is 0.722. The maximum atomic E-state index is 2.48. The van der Waals surface area contributed by atoms with Crippen LogP contribution in [0.25, 0.3) is 0 Å². The fraction of sp³-hybridized carbons (Fsp3) is 0.974. The fourth-order valence-electron chi connectivity index (χ4n) is 19.7. The maximum absolute atomic E-state index is 2.48. The van der Waals surface area contributed by atoms with E-state index in [0.29, 0.717) is 0 Å². The maximum Gasteiger partial charge on any atom is -0.0234 e. The van der Waals surface area contributed by atoms with E-state index in [4.69, 9.17) is 0 Å². The van der Waals surface area contributed by atoms with Gasteiger partial charge in [0.1, 0.15) is 0 Å². The zero-order valence-corrected chi connectivity index (χ0v) is 46.8. The second-order valence-electron chi connectivity index (χ2n) is 29.7. The van der Waals surface area contributed by atoms with Crippen molar-refractivity contribution in [2.45, 2.75) is 381 Å². The highest BCUT2D eigenvalue weighted by atomic mass is 14.5. The topological polar surface area (TPSA) is 0 Å². The summed E-state index contributed by atoms with van der Waals surface area (Å²) in [4.78, 5) is 0. The molecule has 0 aromatic carbocycles. The lowest BCUT2D eigenvalue weighted by molar-refractivity contribution is 0.0198. The van der Waals surface area contributed by atoms with Gasteiger partial charge in [-0.1, -0.05) is 304 Å². The first-order valence-electron chi connectivity index (χ1n) is 33.5. The molecule has 460 valence electrons. The minimum absolute atomic E-state index is 0. The predicted molar refractivity (Wildman–Crippen MR) is 354 cm³/mol. The average molecular weight is 1080 g/mol. The van der Waals surface area contributed by atoms with Crippen molar-refractivity contribution >= 4 is 0 Å². The summed E-state index contributed by atoms with van der Waals surface area (Å²) >= 11 is 0. The lowest BCUT2D eigenvalue weighted by Gasteiger charge is -2.49. The molecule has 14 bridgehead atoms. The Balaban J connectivity index is 0.000000439. The van der Waals surface area contributed by atoms with Gasteiger partial charge in [0.05, 0.1) is 0 Å². The van der Waals surface area contributed by atoms with Crippen LogP contribution in [0.15, 0.2) is 12.2 Å². The second-order valence-corrected chi connectivity index (χ2v) is 29.7. The Bertz CT molecular complexity index is 1230. The molecule has 18 fully saturated rings. The van der Waals surface area contributed by atoms with Crippen LogP contribution in [-0.4, -0.2) is 0 Å². The highest BCUT2D eigenvalue weighted by Crippen LogP contribution is 2.57. The molecule has 18 saturated carbocycles. The fourth-order valence-corrected chi connectivity index (χ4v) is 19.7. The van der Waals surface area contributed by atoms with Gasteiger partial charge in [0, 0.05) is 0 Å². The number of rotatable bonds is 0. The molecule has 0 spiro atoms. The molecule has 0 aromatic heterocycles. The molecule has 0 nitrogen and oxygen atoms in total. The van der Waals surface area contributed by atoms with E-state index in [0.717, 1.165) is 64.6 Å². The van der Waals surface area contributed by atoms with E-state index in [9.17, 15) is 0 Å². The molecule has 0 amide bonds. The van der Waals surface area contributed by atoms with Crippen molar-refractivity contribution in [1.82, 2.24) is 0 Å². The average Bonchev–Trinajstić information content (AvgIpc) is 3.88. The van der Waals surface area contributed by atoms with Crippen molar-refractivity contribution in [2.75, 3.05) is 0 Å². The number of allylic oxidation sites excluding steroid dienone is 2. The molecule has 0 saturated heterocycles. The second kappa shape index (κ2) is 39.3. The van der Waals surface area contributed by atoms with Crippen molar-refractivity contribution in [3.8, 4) is 0 Å². The van der Waals surface area contributed by atoms with Crippen molar-refractivity contribution in [2.24, 2.45) is 100 Å². The van der Waals surface area contributed by atoms with Crippen LogP contribution in [0.5, 0.6) is 0 Å². The molecule has 20 aliphatic rings. The molecule has 0 radical (unpaired) electrons. The van der Waals surface area contributed by atoms with Crippen molar-refractivity contribution in [3.63, 3.8) is 0 Å². The quantitative estimate of drug-likeness (QED) is 0.212. The first kappa shape index (κ1) is 74.8. The van der Waals surface area contributed by atoms with Gasteiger partial charge >= 0.3 is 0 Å². The summed E-state index contributed by atoms with van der Waals surface area (Å²) in [6.07, 6.45) is 78.9. The van der Waals surface area contributed by atoms with Crippen LogP contribution < -0.4 is 0 Å². The van der Waals surface area contributed by atoms with Gasteiger partial charge in [0.15, 0.2) is 0 Å². The van der Waals surface area contributed by atoms with E-state index in [2.05, 4.69) is 26.0 Å². The standard InChI is InChI=1S/C11H20.C11H18.C10H16.C10H18.C9H16.C8H14.C7H12.C3H6.8CH4/c2*1-4-10-6-2-7-11(5-1)9-3-8-10;1-7-2-9-4-8(1)5-10(3-7)6-9;1-2-6-10-8-4-3-7-9(10)5-1;1-9(2)7-3-4-8(9)6-5-7;1-2-8-5-3-7(1)4-6-8;1-2-7-4-3-6(1)5-7;1-2-3-1;;;;;;;;/h10-11H,1-9H2;1,4,10-11H,2-3,5-9H2;7-10H,1-6H2;9-10H,1-8H2;7-8H,3-6H2,1-2H3;7-8H,1-6H2;6-7H,1-5H2;1-3H2;8*1H4. The molecule has 0 aliphatic heterocycles. The van der Waals surface area contributed by atoms with E-state index >= 15 is 0 Å². The third-order valence-corrected chi connectivity index (χ3v) is 24.2. The summed E-state index contributed by atoms with van der Waals surface area (Å²) in [6.45, 7) is 4.92. The zero-order valence-electron chi connectivity index (χ0n) is 46.8.